The predicted octanol–water partition coefficient (Wildman–Crippen LogP) is 0.354. The quantitative estimate of drug-likeness (QED) is 0.500. The van der Waals surface area contributed by atoms with Crippen molar-refractivity contribution in [2.75, 3.05) is 7.05 Å². The summed E-state index contributed by atoms with van der Waals surface area (Å²) in [6.07, 6.45) is 0.333. The molecule has 0 aliphatic carbocycles. The average molecular weight is 223 g/mol. The molecule has 0 atom stereocenters. The Kier molecular flexibility index (Phi) is 4.56. The van der Waals surface area contributed by atoms with E-state index in [1.165, 1.54) is 0 Å². The Bertz CT molecular complexity index is 340. The van der Waals surface area contributed by atoms with Gasteiger partial charge in [0.05, 0.1) is 6.42 Å². The number of benzene rings is 1. The van der Waals surface area contributed by atoms with Gasteiger partial charge in [-0.05, 0) is 17.8 Å². The number of nitrogens with one attached hydrogen (secondary N) is 3. The molecule has 0 fully saturated rings. The molecule has 4 nitrogen and oxygen atoms in total. The van der Waals surface area contributed by atoms with Crippen LogP contribution in [-0.4, -0.2) is 18.1 Å². The number of carbonyl (C=O) groups excluding carboxylic acids is 1. The van der Waals surface area contributed by atoms with Crippen molar-refractivity contribution in [2.45, 2.75) is 6.42 Å². The largest absolute Gasteiger partial charge is 0.364 e. The summed E-state index contributed by atoms with van der Waals surface area (Å²) in [6.45, 7) is 0. The molecule has 0 aliphatic rings. The number of hydrazine groups is 1. The molecule has 0 saturated carbocycles. The first kappa shape index (κ1) is 11.5. The molecule has 0 aromatic heterocycles. The van der Waals surface area contributed by atoms with Gasteiger partial charge < -0.3 is 5.32 Å². The molecule has 80 valence electrons. The zero-order chi connectivity index (χ0) is 11.1. The normalized spacial score (nSPS) is 9.13. The lowest BCUT2D eigenvalue weighted by Crippen LogP contribution is -2.46. The summed E-state index contributed by atoms with van der Waals surface area (Å²) in [6, 6.07) is 9.50. The lowest BCUT2D eigenvalue weighted by Gasteiger charge is -2.08. The molecule has 0 aliphatic heterocycles. The molecule has 0 spiro atoms. The van der Waals surface area contributed by atoms with E-state index in [-0.39, 0.29) is 5.91 Å². The second-order valence-electron chi connectivity index (χ2n) is 2.91. The van der Waals surface area contributed by atoms with Crippen LogP contribution in [-0.2, 0) is 11.2 Å². The highest BCUT2D eigenvalue weighted by Crippen LogP contribution is 1.98. The minimum Gasteiger partial charge on any atom is -0.364 e. The van der Waals surface area contributed by atoms with E-state index in [9.17, 15) is 4.79 Å². The molecule has 0 radical (unpaired) electrons. The van der Waals surface area contributed by atoms with Gasteiger partial charge in [0.15, 0.2) is 5.11 Å². The van der Waals surface area contributed by atoms with Crippen LogP contribution in [0.1, 0.15) is 5.56 Å². The first-order valence-electron chi connectivity index (χ1n) is 4.53. The highest BCUT2D eigenvalue weighted by atomic mass is 32.1. The van der Waals surface area contributed by atoms with Gasteiger partial charge in [0.2, 0.25) is 5.91 Å². The van der Waals surface area contributed by atoms with Crippen LogP contribution >= 0.6 is 12.2 Å². The summed E-state index contributed by atoms with van der Waals surface area (Å²) < 4.78 is 0. The van der Waals surface area contributed by atoms with Crippen molar-refractivity contribution in [3.8, 4) is 0 Å². The first-order chi connectivity index (χ1) is 7.22. The van der Waals surface area contributed by atoms with Crippen LogP contribution in [0.25, 0.3) is 0 Å². The Balaban J connectivity index is 2.34. The molecule has 1 rings (SSSR count). The molecule has 1 aromatic carbocycles. The predicted molar refractivity (Wildman–Crippen MR) is 63.1 cm³/mol. The van der Waals surface area contributed by atoms with E-state index >= 15 is 0 Å². The highest BCUT2D eigenvalue weighted by molar-refractivity contribution is 7.80. The van der Waals surface area contributed by atoms with E-state index in [1.807, 2.05) is 30.3 Å². The fourth-order valence-corrected chi connectivity index (χ4v) is 1.07. The van der Waals surface area contributed by atoms with Gasteiger partial charge in [0, 0.05) is 7.05 Å². The van der Waals surface area contributed by atoms with Crippen LogP contribution in [0.4, 0.5) is 0 Å². The topological polar surface area (TPSA) is 53.2 Å². The highest BCUT2D eigenvalue weighted by Gasteiger charge is 2.01. The second-order valence-corrected chi connectivity index (χ2v) is 3.32. The van der Waals surface area contributed by atoms with Crippen LogP contribution in [0.2, 0.25) is 0 Å². The van der Waals surface area contributed by atoms with Crippen molar-refractivity contribution < 1.29 is 4.79 Å². The van der Waals surface area contributed by atoms with Gasteiger partial charge in [-0.2, -0.15) is 0 Å². The summed E-state index contributed by atoms with van der Waals surface area (Å²) in [4.78, 5) is 11.4. The van der Waals surface area contributed by atoms with Gasteiger partial charge in [-0.3, -0.25) is 15.6 Å². The molecular weight excluding hydrogens is 210 g/mol. The number of amides is 1. The van der Waals surface area contributed by atoms with Gasteiger partial charge in [0.25, 0.3) is 0 Å². The molecule has 0 heterocycles. The Hall–Kier alpha value is -1.62. The fourth-order valence-electron chi connectivity index (χ4n) is 1.01. The van der Waals surface area contributed by atoms with E-state index in [2.05, 4.69) is 16.2 Å². The summed E-state index contributed by atoms with van der Waals surface area (Å²) in [5, 5.41) is 3.08. The third-order valence-electron chi connectivity index (χ3n) is 1.75. The third-order valence-corrected chi connectivity index (χ3v) is 2.06. The van der Waals surface area contributed by atoms with Crippen molar-refractivity contribution in [1.82, 2.24) is 16.2 Å². The fraction of sp³-hybridized carbons (Fsp3) is 0.200. The molecule has 0 bridgehead atoms. The number of hydrogen-bond donors (Lipinski definition) is 3. The summed E-state index contributed by atoms with van der Waals surface area (Å²) in [5.74, 6) is -0.126. The molecule has 3 N–H and O–H groups in total. The van der Waals surface area contributed by atoms with Crippen molar-refractivity contribution in [3.05, 3.63) is 35.9 Å². The van der Waals surface area contributed by atoms with E-state index < -0.39 is 0 Å². The van der Waals surface area contributed by atoms with Gasteiger partial charge in [-0.1, -0.05) is 30.3 Å². The minimum absolute atomic E-state index is 0.126. The van der Waals surface area contributed by atoms with Crippen LogP contribution < -0.4 is 16.2 Å². The molecule has 0 saturated heterocycles. The second kappa shape index (κ2) is 5.98. The van der Waals surface area contributed by atoms with Crippen LogP contribution in [0.5, 0.6) is 0 Å². The SMILES string of the molecule is CNC(=S)NNC(=O)Cc1ccccc1. The third kappa shape index (κ3) is 4.42. The molecule has 1 amide bonds. The van der Waals surface area contributed by atoms with E-state index in [1.54, 1.807) is 7.05 Å². The maximum atomic E-state index is 11.4. The van der Waals surface area contributed by atoms with Crippen molar-refractivity contribution >= 4 is 23.2 Å². The lowest BCUT2D eigenvalue weighted by atomic mass is 10.1. The van der Waals surface area contributed by atoms with Crippen LogP contribution in [0, 0.1) is 0 Å². The van der Waals surface area contributed by atoms with Gasteiger partial charge in [-0.15, -0.1) is 0 Å². The maximum absolute atomic E-state index is 11.4. The number of hydrogen-bond acceptors (Lipinski definition) is 2. The lowest BCUT2D eigenvalue weighted by molar-refractivity contribution is -0.121. The van der Waals surface area contributed by atoms with Crippen molar-refractivity contribution in [3.63, 3.8) is 0 Å². The molecular formula is C10H13N3OS. The average Bonchev–Trinajstić information content (AvgIpc) is 2.27. The first-order valence-corrected chi connectivity index (χ1v) is 4.93. The zero-order valence-corrected chi connectivity index (χ0v) is 9.23. The molecule has 1 aromatic rings. The summed E-state index contributed by atoms with van der Waals surface area (Å²) >= 11 is 4.80. The Labute approximate surface area is 94.0 Å². The van der Waals surface area contributed by atoms with Gasteiger partial charge in [0.1, 0.15) is 0 Å². The molecule has 5 heteroatoms. The number of rotatable bonds is 2. The van der Waals surface area contributed by atoms with Crippen molar-refractivity contribution in [2.24, 2.45) is 0 Å². The Morgan fingerprint density at radius 1 is 1.27 bits per heavy atom. The summed E-state index contributed by atoms with van der Waals surface area (Å²) in [7, 11) is 1.68. The molecule has 15 heavy (non-hydrogen) atoms. The van der Waals surface area contributed by atoms with Crippen LogP contribution in [0.3, 0.4) is 0 Å². The maximum Gasteiger partial charge on any atom is 0.242 e. The van der Waals surface area contributed by atoms with Crippen LogP contribution in [0.15, 0.2) is 30.3 Å². The Morgan fingerprint density at radius 3 is 2.53 bits per heavy atom. The van der Waals surface area contributed by atoms with Gasteiger partial charge in [-0.25, -0.2) is 0 Å². The van der Waals surface area contributed by atoms with E-state index in [0.29, 0.717) is 11.5 Å². The number of thiocarbonyl (C=S) groups is 1. The standard InChI is InChI=1S/C10H13N3OS/c1-11-10(15)13-12-9(14)7-8-5-3-2-4-6-8/h2-6H,7H2,1H3,(H,12,14)(H2,11,13,15). The molecule has 0 unspecified atom stereocenters. The van der Waals surface area contributed by atoms with Crippen molar-refractivity contribution in [1.29, 1.82) is 0 Å². The summed E-state index contributed by atoms with van der Waals surface area (Å²) in [5.41, 5.74) is 6.03. The monoisotopic (exact) mass is 223 g/mol. The smallest absolute Gasteiger partial charge is 0.242 e. The Morgan fingerprint density at radius 2 is 1.93 bits per heavy atom. The van der Waals surface area contributed by atoms with E-state index in [4.69, 9.17) is 12.2 Å². The van der Waals surface area contributed by atoms with E-state index in [0.717, 1.165) is 5.56 Å². The zero-order valence-electron chi connectivity index (χ0n) is 8.41. The van der Waals surface area contributed by atoms with Gasteiger partial charge >= 0.3 is 0 Å². The number of carbonyl (C=O) groups is 1. The minimum atomic E-state index is -0.126.